The van der Waals surface area contributed by atoms with Gasteiger partial charge < -0.3 is 0 Å². The van der Waals surface area contributed by atoms with Gasteiger partial charge in [-0.05, 0) is 30.2 Å². The Kier molecular flexibility index (Phi) is 4.15. The van der Waals surface area contributed by atoms with E-state index < -0.39 is 6.67 Å². The highest BCUT2D eigenvalue weighted by Crippen LogP contribution is 2.22. The number of aromatic nitrogens is 1. The van der Waals surface area contributed by atoms with Gasteiger partial charge in [0.05, 0.1) is 16.8 Å². The number of imide groups is 1. The van der Waals surface area contributed by atoms with Crippen LogP contribution in [0.5, 0.6) is 0 Å². The molecule has 0 saturated heterocycles. The molecule has 1 aromatic heterocycles. The number of benzene rings is 1. The summed E-state index contributed by atoms with van der Waals surface area (Å²) >= 11 is 0. The molecule has 0 atom stereocenters. The summed E-state index contributed by atoms with van der Waals surface area (Å²) in [6, 6.07) is 11.7. The van der Waals surface area contributed by atoms with Crippen LogP contribution in [0.15, 0.2) is 42.5 Å². The Hall–Kier alpha value is -3.00. The highest BCUT2D eigenvalue weighted by molar-refractivity contribution is 6.21. The number of carbonyl (C=O) groups excluding carboxylic acids is 2. The molecule has 0 fully saturated rings. The molecular weight excluding hydrogens is 295 g/mol. The van der Waals surface area contributed by atoms with Crippen molar-refractivity contribution in [3.63, 3.8) is 0 Å². The van der Waals surface area contributed by atoms with Gasteiger partial charge in [-0.15, -0.1) is 0 Å². The Morgan fingerprint density at radius 1 is 1.00 bits per heavy atom. The molecule has 0 N–H and O–H groups in total. The molecular formula is C18H13FN2O2. The summed E-state index contributed by atoms with van der Waals surface area (Å²) in [5, 5.41) is 0. The van der Waals surface area contributed by atoms with Crippen LogP contribution in [0.25, 0.3) is 0 Å². The summed E-state index contributed by atoms with van der Waals surface area (Å²) in [5.74, 6) is 5.11. The van der Waals surface area contributed by atoms with E-state index in [2.05, 4.69) is 16.8 Å². The number of hydrogen-bond donors (Lipinski definition) is 0. The lowest BCUT2D eigenvalue weighted by molar-refractivity contribution is 0.0658. The largest absolute Gasteiger partial charge is 0.273 e. The molecule has 0 bridgehead atoms. The van der Waals surface area contributed by atoms with Crippen molar-refractivity contribution in [1.82, 2.24) is 9.88 Å². The summed E-state index contributed by atoms with van der Waals surface area (Å²) in [6.45, 7) is -0.410. The summed E-state index contributed by atoms with van der Waals surface area (Å²) in [7, 11) is 0. The molecule has 0 aliphatic carbocycles. The molecule has 5 heteroatoms. The van der Waals surface area contributed by atoms with E-state index in [1.54, 1.807) is 42.5 Å². The highest BCUT2D eigenvalue weighted by atomic mass is 19.1. The molecule has 2 heterocycles. The van der Waals surface area contributed by atoms with Gasteiger partial charge in [-0.25, -0.2) is 9.37 Å². The van der Waals surface area contributed by atoms with Crippen molar-refractivity contribution < 1.29 is 14.0 Å². The highest BCUT2D eigenvalue weighted by Gasteiger charge is 2.34. The average Bonchev–Trinajstić information content (AvgIpc) is 2.84. The second-order valence-electron chi connectivity index (χ2n) is 5.01. The van der Waals surface area contributed by atoms with Gasteiger partial charge in [-0.3, -0.25) is 14.5 Å². The lowest BCUT2D eigenvalue weighted by Gasteiger charge is -2.10. The number of nitrogens with zero attached hydrogens (tertiary/aromatic N) is 2. The zero-order valence-corrected chi connectivity index (χ0v) is 12.3. The molecule has 1 aliphatic rings. The molecule has 2 aromatic rings. The predicted octanol–water partition coefficient (Wildman–Crippen LogP) is 2.59. The van der Waals surface area contributed by atoms with Gasteiger partial charge in [-0.1, -0.05) is 24.1 Å². The lowest BCUT2D eigenvalue weighted by atomic mass is 10.1. The van der Waals surface area contributed by atoms with Gasteiger partial charge in [0.2, 0.25) is 0 Å². The Morgan fingerprint density at radius 3 is 2.35 bits per heavy atom. The third-order valence-electron chi connectivity index (χ3n) is 3.50. The Balaban J connectivity index is 1.65. The maximum absolute atomic E-state index is 12.5. The average molecular weight is 308 g/mol. The van der Waals surface area contributed by atoms with Crippen LogP contribution in [0.2, 0.25) is 0 Å². The van der Waals surface area contributed by atoms with E-state index in [0.717, 1.165) is 0 Å². The minimum atomic E-state index is -0.634. The number of amides is 2. The van der Waals surface area contributed by atoms with Gasteiger partial charge in [-0.2, -0.15) is 0 Å². The van der Waals surface area contributed by atoms with Crippen molar-refractivity contribution in [3.05, 3.63) is 65.0 Å². The lowest BCUT2D eigenvalue weighted by Crippen LogP contribution is -2.30. The third-order valence-corrected chi connectivity index (χ3v) is 3.50. The first kappa shape index (κ1) is 14.9. The molecule has 0 radical (unpaired) electrons. The molecule has 0 saturated carbocycles. The van der Waals surface area contributed by atoms with Crippen LogP contribution in [0.4, 0.5) is 4.39 Å². The van der Waals surface area contributed by atoms with E-state index in [-0.39, 0.29) is 18.4 Å². The summed E-state index contributed by atoms with van der Waals surface area (Å²) < 4.78 is 12.5. The van der Waals surface area contributed by atoms with Gasteiger partial charge in [0.1, 0.15) is 12.4 Å². The molecule has 2 amide bonds. The minimum Gasteiger partial charge on any atom is -0.273 e. The van der Waals surface area contributed by atoms with Gasteiger partial charge in [0, 0.05) is 13.0 Å². The number of fused-ring (bicyclic) bond motifs is 1. The molecule has 0 unspecified atom stereocenters. The summed E-state index contributed by atoms with van der Waals surface area (Å²) in [6.07, 6.45) is 0.340. The maximum Gasteiger partial charge on any atom is 0.261 e. The smallest absolute Gasteiger partial charge is 0.261 e. The molecule has 23 heavy (non-hydrogen) atoms. The fourth-order valence-electron chi connectivity index (χ4n) is 2.39. The van der Waals surface area contributed by atoms with Crippen LogP contribution in [0.3, 0.4) is 0 Å². The zero-order chi connectivity index (χ0) is 16.2. The Morgan fingerprint density at radius 2 is 1.70 bits per heavy atom. The third kappa shape index (κ3) is 2.97. The van der Waals surface area contributed by atoms with Gasteiger partial charge in [0.25, 0.3) is 11.8 Å². The maximum atomic E-state index is 12.5. The number of carbonyl (C=O) groups is 2. The second kappa shape index (κ2) is 6.41. The SMILES string of the molecule is O=C1c2ccccc2C(=O)N1CCC#Cc1cccc(CF)n1. The van der Waals surface area contributed by atoms with Gasteiger partial charge in [0.15, 0.2) is 0 Å². The van der Waals surface area contributed by atoms with Crippen molar-refractivity contribution in [3.8, 4) is 11.8 Å². The molecule has 1 aromatic carbocycles. The predicted molar refractivity (Wildman–Crippen MR) is 82.4 cm³/mol. The standard InChI is InChI=1S/C18H13FN2O2/c19-12-14-8-5-7-13(20-14)6-3-4-11-21-17(22)15-9-1-2-10-16(15)18(21)23/h1-2,5,7-10H,4,11-12H2. The van der Waals surface area contributed by atoms with E-state index >= 15 is 0 Å². The summed E-state index contributed by atoms with van der Waals surface area (Å²) in [4.78, 5) is 29.5. The summed E-state index contributed by atoms with van der Waals surface area (Å²) in [5.41, 5.74) is 1.67. The molecule has 0 spiro atoms. The Bertz CT molecular complexity index is 801. The number of rotatable bonds is 3. The minimum absolute atomic E-state index is 0.224. The fourth-order valence-corrected chi connectivity index (χ4v) is 2.39. The first-order valence-electron chi connectivity index (χ1n) is 7.16. The quantitative estimate of drug-likeness (QED) is 0.647. The number of halogens is 1. The molecule has 114 valence electrons. The van der Waals surface area contributed by atoms with Crippen molar-refractivity contribution in [2.45, 2.75) is 13.1 Å². The van der Waals surface area contributed by atoms with Crippen molar-refractivity contribution in [2.24, 2.45) is 0 Å². The van der Waals surface area contributed by atoms with Gasteiger partial charge >= 0.3 is 0 Å². The van der Waals surface area contributed by atoms with Crippen molar-refractivity contribution in [2.75, 3.05) is 6.54 Å². The first-order valence-corrected chi connectivity index (χ1v) is 7.16. The van der Waals surface area contributed by atoms with Crippen molar-refractivity contribution >= 4 is 11.8 Å². The van der Waals surface area contributed by atoms with Crippen molar-refractivity contribution in [1.29, 1.82) is 0 Å². The van der Waals surface area contributed by atoms with Crippen LogP contribution in [-0.4, -0.2) is 28.2 Å². The van der Waals surface area contributed by atoms with Crippen LogP contribution < -0.4 is 0 Å². The van der Waals surface area contributed by atoms with Crippen LogP contribution in [-0.2, 0) is 6.67 Å². The number of hydrogen-bond acceptors (Lipinski definition) is 3. The Labute approximate surface area is 133 Å². The topological polar surface area (TPSA) is 50.3 Å². The number of pyridine rings is 1. The first-order chi connectivity index (χ1) is 11.2. The van der Waals surface area contributed by atoms with Crippen LogP contribution in [0, 0.1) is 11.8 Å². The van der Waals surface area contributed by atoms with Crippen LogP contribution in [0.1, 0.15) is 38.5 Å². The zero-order valence-electron chi connectivity index (χ0n) is 12.3. The normalized spacial score (nSPS) is 12.8. The molecule has 1 aliphatic heterocycles. The number of alkyl halides is 1. The van der Waals surface area contributed by atoms with E-state index in [4.69, 9.17) is 0 Å². The molecule has 3 rings (SSSR count). The molecule has 4 nitrogen and oxygen atoms in total. The van der Waals surface area contributed by atoms with E-state index in [1.807, 2.05) is 0 Å². The van der Waals surface area contributed by atoms with E-state index in [1.165, 1.54) is 4.90 Å². The second-order valence-corrected chi connectivity index (χ2v) is 5.01. The van der Waals surface area contributed by atoms with E-state index in [9.17, 15) is 14.0 Å². The van der Waals surface area contributed by atoms with Crippen LogP contribution >= 0.6 is 0 Å². The fraction of sp³-hybridized carbons (Fsp3) is 0.167. The van der Waals surface area contributed by atoms with E-state index in [0.29, 0.717) is 28.9 Å². The monoisotopic (exact) mass is 308 g/mol.